The van der Waals surface area contributed by atoms with E-state index in [1.807, 2.05) is 11.8 Å². The first-order chi connectivity index (χ1) is 11.2. The average Bonchev–Trinajstić information content (AvgIpc) is 2.53. The average molecular weight is 342 g/mol. The predicted molar refractivity (Wildman–Crippen MR) is 87.3 cm³/mol. The molecule has 2 atom stereocenters. The SMILES string of the molecule is CC(Cc1cccc(C(F)(F)F)c1)C(=O)N1CCC(C(C)N)CC1. The van der Waals surface area contributed by atoms with Gasteiger partial charge in [0.1, 0.15) is 0 Å². The highest BCUT2D eigenvalue weighted by Crippen LogP contribution is 2.30. The number of nitrogens with zero attached hydrogens (tertiary/aromatic N) is 1. The topological polar surface area (TPSA) is 46.3 Å². The number of alkyl halides is 3. The van der Waals surface area contributed by atoms with Gasteiger partial charge in [-0.15, -0.1) is 0 Å². The molecule has 0 aliphatic carbocycles. The number of likely N-dealkylation sites (tertiary alicyclic amines) is 1. The van der Waals surface area contributed by atoms with E-state index in [1.165, 1.54) is 6.07 Å². The van der Waals surface area contributed by atoms with Gasteiger partial charge in [-0.2, -0.15) is 13.2 Å². The number of halogens is 3. The van der Waals surface area contributed by atoms with Crippen LogP contribution in [0.5, 0.6) is 0 Å². The molecule has 1 heterocycles. The predicted octanol–water partition coefficient (Wildman–Crippen LogP) is 3.47. The van der Waals surface area contributed by atoms with Gasteiger partial charge in [-0.25, -0.2) is 0 Å². The summed E-state index contributed by atoms with van der Waals surface area (Å²) in [4.78, 5) is 14.3. The normalized spacial score (nSPS) is 19.2. The van der Waals surface area contributed by atoms with E-state index < -0.39 is 11.7 Å². The summed E-state index contributed by atoms with van der Waals surface area (Å²) in [5, 5.41) is 0. The highest BCUT2D eigenvalue weighted by molar-refractivity contribution is 5.78. The van der Waals surface area contributed by atoms with Crippen LogP contribution >= 0.6 is 0 Å². The van der Waals surface area contributed by atoms with Crippen LogP contribution in [0.3, 0.4) is 0 Å². The van der Waals surface area contributed by atoms with Crippen molar-refractivity contribution in [1.29, 1.82) is 0 Å². The molecule has 1 aromatic carbocycles. The van der Waals surface area contributed by atoms with Crippen LogP contribution in [0.1, 0.15) is 37.8 Å². The molecule has 6 heteroatoms. The van der Waals surface area contributed by atoms with Gasteiger partial charge in [0.15, 0.2) is 0 Å². The molecule has 1 aliphatic heterocycles. The van der Waals surface area contributed by atoms with Crippen LogP contribution in [0.15, 0.2) is 24.3 Å². The fourth-order valence-corrected chi connectivity index (χ4v) is 3.27. The summed E-state index contributed by atoms with van der Waals surface area (Å²) in [6.07, 6.45) is -2.26. The van der Waals surface area contributed by atoms with Gasteiger partial charge in [-0.3, -0.25) is 4.79 Å². The zero-order valence-corrected chi connectivity index (χ0v) is 14.1. The molecule has 3 nitrogen and oxygen atoms in total. The van der Waals surface area contributed by atoms with Crippen molar-refractivity contribution in [3.8, 4) is 0 Å². The summed E-state index contributed by atoms with van der Waals surface area (Å²) < 4.78 is 38.3. The van der Waals surface area contributed by atoms with Crippen LogP contribution in [0.4, 0.5) is 13.2 Å². The standard InChI is InChI=1S/C18H25F3N2O/c1-12(10-14-4-3-5-16(11-14)18(19,20)21)17(24)23-8-6-15(7-9-23)13(2)22/h3-5,11-13,15H,6-10,22H2,1-2H3. The molecule has 1 saturated heterocycles. The third-order valence-corrected chi connectivity index (χ3v) is 4.81. The lowest BCUT2D eigenvalue weighted by atomic mass is 9.90. The Hall–Kier alpha value is -1.56. The lowest BCUT2D eigenvalue weighted by molar-refractivity contribution is -0.137. The molecule has 0 aromatic heterocycles. The van der Waals surface area contributed by atoms with Crippen molar-refractivity contribution in [2.45, 2.75) is 45.3 Å². The lowest BCUT2D eigenvalue weighted by Crippen LogP contribution is -2.44. The van der Waals surface area contributed by atoms with E-state index in [4.69, 9.17) is 5.73 Å². The first-order valence-electron chi connectivity index (χ1n) is 8.39. The van der Waals surface area contributed by atoms with Crippen molar-refractivity contribution < 1.29 is 18.0 Å². The molecule has 1 aromatic rings. The van der Waals surface area contributed by atoms with Gasteiger partial charge in [0.05, 0.1) is 5.56 Å². The zero-order valence-electron chi connectivity index (χ0n) is 14.1. The molecule has 0 radical (unpaired) electrons. The molecule has 0 spiro atoms. The summed E-state index contributed by atoms with van der Waals surface area (Å²) in [6.45, 7) is 5.12. The number of hydrogen-bond acceptors (Lipinski definition) is 2. The quantitative estimate of drug-likeness (QED) is 0.911. The first kappa shape index (κ1) is 18.8. The van der Waals surface area contributed by atoms with Gasteiger partial charge in [0.25, 0.3) is 0 Å². The minimum absolute atomic E-state index is 0.00976. The maximum atomic E-state index is 12.8. The van der Waals surface area contributed by atoms with Crippen LogP contribution in [0.2, 0.25) is 0 Å². The molecule has 134 valence electrons. The van der Waals surface area contributed by atoms with Gasteiger partial charge in [0, 0.05) is 25.0 Å². The minimum atomic E-state index is -4.36. The third-order valence-electron chi connectivity index (χ3n) is 4.81. The fraction of sp³-hybridized carbons (Fsp3) is 0.611. The molecule has 2 unspecified atom stereocenters. The Balaban J connectivity index is 1.95. The Morgan fingerprint density at radius 2 is 1.92 bits per heavy atom. The Morgan fingerprint density at radius 3 is 2.46 bits per heavy atom. The van der Waals surface area contributed by atoms with Gasteiger partial charge in [-0.05, 0) is 43.7 Å². The van der Waals surface area contributed by atoms with E-state index in [9.17, 15) is 18.0 Å². The molecule has 1 amide bonds. The summed E-state index contributed by atoms with van der Waals surface area (Å²) in [7, 11) is 0. The van der Waals surface area contributed by atoms with Gasteiger partial charge < -0.3 is 10.6 Å². The number of hydrogen-bond donors (Lipinski definition) is 1. The molecule has 0 bridgehead atoms. The van der Waals surface area contributed by atoms with Gasteiger partial charge in [0.2, 0.25) is 5.91 Å². The summed E-state index contributed by atoms with van der Waals surface area (Å²) in [5.74, 6) is 0.115. The maximum absolute atomic E-state index is 12.8. The van der Waals surface area contributed by atoms with Crippen molar-refractivity contribution >= 4 is 5.91 Å². The van der Waals surface area contributed by atoms with E-state index in [0.717, 1.165) is 25.0 Å². The van der Waals surface area contributed by atoms with E-state index in [2.05, 4.69) is 0 Å². The largest absolute Gasteiger partial charge is 0.416 e. The van der Waals surface area contributed by atoms with Crippen LogP contribution in [0, 0.1) is 11.8 Å². The summed E-state index contributed by atoms with van der Waals surface area (Å²) in [6, 6.07) is 5.34. The number of carbonyl (C=O) groups excluding carboxylic acids is 1. The third kappa shape index (κ3) is 4.72. The smallest absolute Gasteiger partial charge is 0.342 e. The maximum Gasteiger partial charge on any atom is 0.416 e. The second-order valence-electron chi connectivity index (χ2n) is 6.83. The number of carbonyl (C=O) groups is 1. The van der Waals surface area contributed by atoms with E-state index in [0.29, 0.717) is 31.0 Å². The highest BCUT2D eigenvalue weighted by atomic mass is 19.4. The van der Waals surface area contributed by atoms with E-state index in [-0.39, 0.29) is 17.9 Å². The van der Waals surface area contributed by atoms with Crippen molar-refractivity contribution in [2.24, 2.45) is 17.6 Å². The number of amides is 1. The number of piperidine rings is 1. The van der Waals surface area contributed by atoms with Gasteiger partial charge in [-0.1, -0.05) is 25.1 Å². The Morgan fingerprint density at radius 1 is 1.29 bits per heavy atom. The second kappa shape index (κ2) is 7.55. The van der Waals surface area contributed by atoms with Crippen molar-refractivity contribution in [3.63, 3.8) is 0 Å². The van der Waals surface area contributed by atoms with E-state index >= 15 is 0 Å². The number of rotatable bonds is 4. The lowest BCUT2D eigenvalue weighted by Gasteiger charge is -2.35. The van der Waals surface area contributed by atoms with Crippen LogP contribution in [-0.4, -0.2) is 29.9 Å². The highest BCUT2D eigenvalue weighted by Gasteiger charge is 2.31. The van der Waals surface area contributed by atoms with Crippen molar-refractivity contribution in [3.05, 3.63) is 35.4 Å². The van der Waals surface area contributed by atoms with Crippen molar-refractivity contribution in [1.82, 2.24) is 4.90 Å². The monoisotopic (exact) mass is 342 g/mol. The Kier molecular flexibility index (Phi) is 5.91. The Bertz CT molecular complexity index is 564. The number of benzene rings is 1. The molecular weight excluding hydrogens is 317 g/mol. The second-order valence-corrected chi connectivity index (χ2v) is 6.83. The number of nitrogens with two attached hydrogens (primary N) is 1. The zero-order chi connectivity index (χ0) is 17.9. The van der Waals surface area contributed by atoms with Crippen molar-refractivity contribution in [2.75, 3.05) is 13.1 Å². The summed E-state index contributed by atoms with van der Waals surface area (Å²) >= 11 is 0. The molecule has 1 fully saturated rings. The van der Waals surface area contributed by atoms with E-state index in [1.54, 1.807) is 13.0 Å². The van der Waals surface area contributed by atoms with Crippen LogP contribution < -0.4 is 5.73 Å². The van der Waals surface area contributed by atoms with Gasteiger partial charge >= 0.3 is 6.18 Å². The van der Waals surface area contributed by atoms with Crippen LogP contribution in [-0.2, 0) is 17.4 Å². The van der Waals surface area contributed by atoms with Crippen LogP contribution in [0.25, 0.3) is 0 Å². The first-order valence-corrected chi connectivity index (χ1v) is 8.39. The Labute approximate surface area is 141 Å². The molecule has 1 aliphatic rings. The molecular formula is C18H25F3N2O. The fourth-order valence-electron chi connectivity index (χ4n) is 3.27. The molecule has 2 rings (SSSR count). The molecule has 24 heavy (non-hydrogen) atoms. The molecule has 2 N–H and O–H groups in total. The minimum Gasteiger partial charge on any atom is -0.342 e. The molecule has 0 saturated carbocycles. The summed E-state index contributed by atoms with van der Waals surface area (Å²) in [5.41, 5.74) is 5.77.